The number of hydrogen-bond acceptors (Lipinski definition) is 5. The highest BCUT2D eigenvalue weighted by Crippen LogP contribution is 2.21. The number of benzene rings is 2. The van der Waals surface area contributed by atoms with E-state index in [4.69, 9.17) is 4.74 Å². The number of rotatable bonds is 6. The minimum absolute atomic E-state index is 0.205. The Morgan fingerprint density at radius 1 is 1.00 bits per heavy atom. The minimum Gasteiger partial charge on any atom is -0.438 e. The van der Waals surface area contributed by atoms with Gasteiger partial charge in [-0.2, -0.15) is 0 Å². The van der Waals surface area contributed by atoms with E-state index in [1.807, 2.05) is 54.1 Å². The van der Waals surface area contributed by atoms with E-state index >= 15 is 0 Å². The van der Waals surface area contributed by atoms with Gasteiger partial charge in [-0.25, -0.2) is 4.98 Å². The molecule has 7 heteroatoms. The van der Waals surface area contributed by atoms with E-state index in [-0.39, 0.29) is 5.91 Å². The number of hydrogen-bond donors (Lipinski definition) is 1. The number of nitrogens with one attached hydrogen (secondary N) is 1. The molecule has 4 aromatic rings. The molecule has 1 amide bonds. The molecule has 0 saturated heterocycles. The summed E-state index contributed by atoms with van der Waals surface area (Å²) in [7, 11) is 0. The van der Waals surface area contributed by atoms with Crippen molar-refractivity contribution in [1.29, 1.82) is 0 Å². The smallest absolute Gasteiger partial charge is 0.248 e. The number of carbonyl (C=O) groups excluding carboxylic acids is 1. The first-order valence-electron chi connectivity index (χ1n) is 9.33. The fourth-order valence-electron chi connectivity index (χ4n) is 2.76. The number of amides is 1. The van der Waals surface area contributed by atoms with E-state index in [2.05, 4.69) is 20.5 Å². The van der Waals surface area contributed by atoms with E-state index in [0.717, 1.165) is 11.4 Å². The molecule has 4 rings (SSSR count). The average Bonchev–Trinajstić information content (AvgIpc) is 3.21. The number of aromatic nitrogens is 4. The normalized spacial score (nSPS) is 10.8. The molecule has 0 aliphatic heterocycles. The van der Waals surface area contributed by atoms with Crippen LogP contribution in [0.4, 0.5) is 5.69 Å². The molecule has 2 aromatic carbocycles. The van der Waals surface area contributed by atoms with Crippen LogP contribution in [0.25, 0.3) is 11.9 Å². The molecule has 0 aliphatic carbocycles. The fourth-order valence-corrected chi connectivity index (χ4v) is 2.76. The average molecular weight is 397 g/mol. The van der Waals surface area contributed by atoms with Crippen molar-refractivity contribution in [2.75, 3.05) is 5.32 Å². The lowest BCUT2D eigenvalue weighted by Crippen LogP contribution is -2.07. The third kappa shape index (κ3) is 4.77. The Labute approximate surface area is 173 Å². The van der Waals surface area contributed by atoms with Crippen molar-refractivity contribution in [2.24, 2.45) is 0 Å². The van der Waals surface area contributed by atoms with Crippen molar-refractivity contribution >= 4 is 17.7 Å². The Hall–Kier alpha value is -4.26. The van der Waals surface area contributed by atoms with Crippen LogP contribution in [0.1, 0.15) is 11.4 Å². The first kappa shape index (κ1) is 19.1. The van der Waals surface area contributed by atoms with Crippen molar-refractivity contribution in [1.82, 2.24) is 19.7 Å². The van der Waals surface area contributed by atoms with Crippen molar-refractivity contribution in [2.45, 2.75) is 6.92 Å². The Balaban J connectivity index is 1.35. The molecule has 0 unspecified atom stereocenters. The highest BCUT2D eigenvalue weighted by Gasteiger charge is 2.05. The van der Waals surface area contributed by atoms with Gasteiger partial charge in [-0.15, -0.1) is 10.2 Å². The predicted molar refractivity (Wildman–Crippen MR) is 115 cm³/mol. The zero-order valence-electron chi connectivity index (χ0n) is 16.3. The van der Waals surface area contributed by atoms with E-state index < -0.39 is 0 Å². The molecule has 30 heavy (non-hydrogen) atoms. The maximum Gasteiger partial charge on any atom is 0.248 e. The molecule has 2 heterocycles. The first-order chi connectivity index (χ1) is 14.7. The summed E-state index contributed by atoms with van der Waals surface area (Å²) in [5.41, 5.74) is 1.63. The van der Waals surface area contributed by atoms with Crippen LogP contribution in [0.5, 0.6) is 11.6 Å². The summed E-state index contributed by atoms with van der Waals surface area (Å²) in [5.74, 6) is 2.25. The van der Waals surface area contributed by atoms with Crippen LogP contribution in [0.2, 0.25) is 0 Å². The largest absolute Gasteiger partial charge is 0.438 e. The highest BCUT2D eigenvalue weighted by atomic mass is 16.5. The minimum atomic E-state index is -0.205. The molecule has 148 valence electrons. The van der Waals surface area contributed by atoms with E-state index in [1.165, 1.54) is 6.08 Å². The van der Waals surface area contributed by atoms with Gasteiger partial charge in [0, 0.05) is 30.2 Å². The molecule has 2 aromatic heterocycles. The Bertz CT molecular complexity index is 1150. The summed E-state index contributed by atoms with van der Waals surface area (Å²) < 4.78 is 7.55. The molecule has 0 bridgehead atoms. The zero-order chi connectivity index (χ0) is 20.8. The van der Waals surface area contributed by atoms with Crippen molar-refractivity contribution in [3.05, 3.63) is 96.6 Å². The standard InChI is InChI=1S/C23H19N5O2/c1-17-24-15-16-28(17)21-12-14-23(27-26-21)30-20-10-8-19(9-11-20)25-22(29)13-7-18-5-3-2-4-6-18/h2-16H,1H3,(H,25,29)/b13-7+. The number of ether oxygens (including phenoxy) is 1. The van der Waals surface area contributed by atoms with Crippen LogP contribution in [0.15, 0.2) is 85.2 Å². The summed E-state index contributed by atoms with van der Waals surface area (Å²) in [6.07, 6.45) is 6.79. The van der Waals surface area contributed by atoms with Crippen LogP contribution in [-0.4, -0.2) is 25.7 Å². The van der Waals surface area contributed by atoms with Gasteiger partial charge in [0.25, 0.3) is 0 Å². The van der Waals surface area contributed by atoms with E-state index in [1.54, 1.807) is 42.6 Å². The SMILES string of the molecule is Cc1nccn1-c1ccc(Oc2ccc(NC(=O)/C=C/c3ccccc3)cc2)nn1. The Morgan fingerprint density at radius 3 is 2.47 bits per heavy atom. The van der Waals surface area contributed by atoms with Gasteiger partial charge in [0.05, 0.1) is 0 Å². The van der Waals surface area contributed by atoms with Gasteiger partial charge in [0.2, 0.25) is 11.8 Å². The number of anilines is 1. The van der Waals surface area contributed by atoms with Gasteiger partial charge in [0.1, 0.15) is 11.6 Å². The van der Waals surface area contributed by atoms with Gasteiger partial charge in [-0.3, -0.25) is 9.36 Å². The molecule has 0 fully saturated rings. The number of aryl methyl sites for hydroxylation is 1. The molecule has 7 nitrogen and oxygen atoms in total. The third-order valence-corrected chi connectivity index (χ3v) is 4.27. The van der Waals surface area contributed by atoms with Crippen molar-refractivity contribution in [3.8, 4) is 17.4 Å². The Kier molecular flexibility index (Phi) is 5.61. The Morgan fingerprint density at radius 2 is 1.80 bits per heavy atom. The third-order valence-electron chi connectivity index (χ3n) is 4.27. The second-order valence-electron chi connectivity index (χ2n) is 6.43. The van der Waals surface area contributed by atoms with Crippen LogP contribution >= 0.6 is 0 Å². The molecule has 0 spiro atoms. The fraction of sp³-hybridized carbons (Fsp3) is 0.0435. The number of imidazole rings is 1. The monoisotopic (exact) mass is 397 g/mol. The van der Waals surface area contributed by atoms with Crippen LogP contribution < -0.4 is 10.1 Å². The summed E-state index contributed by atoms with van der Waals surface area (Å²) in [6.45, 7) is 1.89. The quantitative estimate of drug-likeness (QED) is 0.487. The summed E-state index contributed by atoms with van der Waals surface area (Å²) in [4.78, 5) is 16.2. The summed E-state index contributed by atoms with van der Waals surface area (Å²) >= 11 is 0. The lowest BCUT2D eigenvalue weighted by Gasteiger charge is -2.07. The van der Waals surface area contributed by atoms with Crippen LogP contribution in [-0.2, 0) is 4.79 Å². The topological polar surface area (TPSA) is 81.9 Å². The highest BCUT2D eigenvalue weighted by molar-refractivity contribution is 6.01. The van der Waals surface area contributed by atoms with Crippen molar-refractivity contribution < 1.29 is 9.53 Å². The molecular weight excluding hydrogens is 378 g/mol. The van der Waals surface area contributed by atoms with Gasteiger partial charge < -0.3 is 10.1 Å². The van der Waals surface area contributed by atoms with E-state index in [9.17, 15) is 4.79 Å². The van der Waals surface area contributed by atoms with Gasteiger partial charge >= 0.3 is 0 Å². The molecule has 0 radical (unpaired) electrons. The van der Waals surface area contributed by atoms with Crippen LogP contribution in [0.3, 0.4) is 0 Å². The van der Waals surface area contributed by atoms with Gasteiger partial charge in [-0.1, -0.05) is 30.3 Å². The number of carbonyl (C=O) groups is 1. The van der Waals surface area contributed by atoms with Gasteiger partial charge in [-0.05, 0) is 48.9 Å². The lowest BCUT2D eigenvalue weighted by atomic mass is 10.2. The summed E-state index contributed by atoms with van der Waals surface area (Å²) in [6, 6.07) is 20.2. The van der Waals surface area contributed by atoms with Gasteiger partial charge in [0.15, 0.2) is 5.82 Å². The molecule has 0 aliphatic rings. The van der Waals surface area contributed by atoms with Crippen LogP contribution in [0, 0.1) is 6.92 Å². The maximum absolute atomic E-state index is 12.1. The van der Waals surface area contributed by atoms with Crippen molar-refractivity contribution in [3.63, 3.8) is 0 Å². The zero-order valence-corrected chi connectivity index (χ0v) is 16.3. The molecule has 0 atom stereocenters. The molecule has 0 saturated carbocycles. The predicted octanol–water partition coefficient (Wildman–Crippen LogP) is 4.41. The summed E-state index contributed by atoms with van der Waals surface area (Å²) in [5, 5.41) is 11.1. The molecule has 1 N–H and O–H groups in total. The van der Waals surface area contributed by atoms with E-state index in [0.29, 0.717) is 23.1 Å². The second-order valence-corrected chi connectivity index (χ2v) is 6.43. The second kappa shape index (κ2) is 8.83. The maximum atomic E-state index is 12.1. The lowest BCUT2D eigenvalue weighted by molar-refractivity contribution is -0.111. The first-order valence-corrected chi connectivity index (χ1v) is 9.33. The molecular formula is C23H19N5O2. The number of nitrogens with zero attached hydrogens (tertiary/aromatic N) is 4.